The van der Waals surface area contributed by atoms with Crippen molar-refractivity contribution in [3.63, 3.8) is 0 Å². The Kier molecular flexibility index (Phi) is 3.62. The van der Waals surface area contributed by atoms with Crippen LogP contribution in [0.1, 0.15) is 18.0 Å². The highest BCUT2D eigenvalue weighted by Crippen LogP contribution is 2.30. The Bertz CT molecular complexity index is 847. The van der Waals surface area contributed by atoms with Gasteiger partial charge in [0.25, 0.3) is 10.6 Å². The molecule has 0 aliphatic rings. The first-order valence-corrected chi connectivity index (χ1v) is 7.37. The average molecular weight is 299 g/mol. The van der Waals surface area contributed by atoms with E-state index in [1.807, 2.05) is 19.1 Å². The number of pyridine rings is 1. The predicted octanol–water partition coefficient (Wildman–Crippen LogP) is 2.41. The molecule has 6 heteroatoms. The first-order valence-electron chi connectivity index (χ1n) is 6.49. The summed E-state index contributed by atoms with van der Waals surface area (Å²) < 4.78 is 0.806. The molecule has 5 nitrogen and oxygen atoms in total. The van der Waals surface area contributed by atoms with E-state index in [0.29, 0.717) is 21.8 Å². The number of hydrogen-bond acceptors (Lipinski definition) is 4. The van der Waals surface area contributed by atoms with Crippen LogP contribution in [0, 0.1) is 5.21 Å². The van der Waals surface area contributed by atoms with Crippen molar-refractivity contribution in [1.82, 2.24) is 9.97 Å². The number of H-pyrrole nitrogens is 1. The third kappa shape index (κ3) is 2.75. The third-order valence-corrected chi connectivity index (χ3v) is 4.24. The Morgan fingerprint density at radius 3 is 2.81 bits per heavy atom. The maximum absolute atomic E-state index is 12.1. The molecule has 3 rings (SSSR count). The number of benzene rings is 1. The van der Waals surface area contributed by atoms with Gasteiger partial charge in [0.05, 0.1) is 16.2 Å². The van der Waals surface area contributed by atoms with Gasteiger partial charge in [0.1, 0.15) is 5.82 Å². The maximum Gasteiger partial charge on any atom is 0.258 e. The van der Waals surface area contributed by atoms with E-state index in [2.05, 4.69) is 9.97 Å². The molecule has 2 heterocycles. The van der Waals surface area contributed by atoms with Crippen molar-refractivity contribution in [2.75, 3.05) is 0 Å². The number of thioether (sulfide) groups is 1. The van der Waals surface area contributed by atoms with Crippen LogP contribution >= 0.6 is 11.8 Å². The highest BCUT2D eigenvalue weighted by molar-refractivity contribution is 7.99. The smallest absolute Gasteiger partial charge is 0.258 e. The van der Waals surface area contributed by atoms with E-state index in [1.165, 1.54) is 18.0 Å². The molecule has 0 amide bonds. The van der Waals surface area contributed by atoms with Crippen LogP contribution in [0.5, 0.6) is 0 Å². The molecule has 1 atom stereocenters. The molecule has 0 saturated carbocycles. The lowest BCUT2D eigenvalue weighted by atomic mass is 10.2. The topological polar surface area (TPSA) is 72.7 Å². The number of rotatable bonds is 3. The van der Waals surface area contributed by atoms with Gasteiger partial charge in [0.15, 0.2) is 6.20 Å². The molecule has 1 unspecified atom stereocenters. The first-order chi connectivity index (χ1) is 10.1. The monoisotopic (exact) mass is 299 g/mol. The van der Waals surface area contributed by atoms with Gasteiger partial charge in [-0.05, 0) is 36.9 Å². The van der Waals surface area contributed by atoms with Gasteiger partial charge >= 0.3 is 0 Å². The van der Waals surface area contributed by atoms with E-state index in [4.69, 9.17) is 0 Å². The molecule has 1 N–H and O–H groups in total. The molecule has 0 aliphatic heterocycles. The summed E-state index contributed by atoms with van der Waals surface area (Å²) in [4.78, 5) is 19.3. The van der Waals surface area contributed by atoms with Gasteiger partial charge in [-0.3, -0.25) is 4.79 Å². The van der Waals surface area contributed by atoms with Crippen molar-refractivity contribution >= 4 is 22.7 Å². The fourth-order valence-electron chi connectivity index (χ4n) is 2.04. The van der Waals surface area contributed by atoms with Gasteiger partial charge in [-0.2, -0.15) is 4.73 Å². The SMILES string of the molecule is CC(Sc1cccc[n+]1[O-])c1nc2ccccc2c(=O)[nH]1. The Labute approximate surface area is 125 Å². The fourth-order valence-corrected chi connectivity index (χ4v) is 2.95. The minimum absolute atomic E-state index is 0.134. The second-order valence-electron chi connectivity index (χ2n) is 4.59. The first kappa shape index (κ1) is 13.6. The van der Waals surface area contributed by atoms with Gasteiger partial charge in [-0.15, -0.1) is 0 Å². The van der Waals surface area contributed by atoms with Crippen molar-refractivity contribution < 1.29 is 4.73 Å². The molecule has 0 fully saturated rings. The van der Waals surface area contributed by atoms with Crippen LogP contribution in [0.3, 0.4) is 0 Å². The van der Waals surface area contributed by atoms with E-state index < -0.39 is 0 Å². The minimum Gasteiger partial charge on any atom is -0.618 e. The van der Waals surface area contributed by atoms with E-state index in [9.17, 15) is 10.0 Å². The van der Waals surface area contributed by atoms with Crippen LogP contribution in [0.15, 0.2) is 58.5 Å². The van der Waals surface area contributed by atoms with Gasteiger partial charge in [-0.25, -0.2) is 4.98 Å². The molecular weight excluding hydrogens is 286 g/mol. The van der Waals surface area contributed by atoms with Crippen molar-refractivity contribution in [2.45, 2.75) is 17.2 Å². The van der Waals surface area contributed by atoms with Crippen LogP contribution in [0.4, 0.5) is 0 Å². The lowest BCUT2D eigenvalue weighted by Crippen LogP contribution is -2.28. The Morgan fingerprint density at radius 2 is 2.00 bits per heavy atom. The van der Waals surface area contributed by atoms with Crippen LogP contribution in [-0.4, -0.2) is 9.97 Å². The van der Waals surface area contributed by atoms with E-state index in [1.54, 1.807) is 30.3 Å². The molecule has 21 heavy (non-hydrogen) atoms. The van der Waals surface area contributed by atoms with Crippen molar-refractivity contribution in [2.24, 2.45) is 0 Å². The summed E-state index contributed by atoms with van der Waals surface area (Å²) in [5.41, 5.74) is 0.498. The molecule has 0 bridgehead atoms. The number of nitrogens with zero attached hydrogens (tertiary/aromatic N) is 2. The van der Waals surface area contributed by atoms with Crippen LogP contribution < -0.4 is 10.3 Å². The average Bonchev–Trinajstić information content (AvgIpc) is 2.49. The van der Waals surface area contributed by atoms with Gasteiger partial charge < -0.3 is 10.2 Å². The number of aromatic nitrogens is 3. The Balaban J connectivity index is 1.97. The summed E-state index contributed by atoms with van der Waals surface area (Å²) in [6.45, 7) is 1.91. The Hall–Kier alpha value is -2.34. The summed E-state index contributed by atoms with van der Waals surface area (Å²) in [5, 5.41) is 12.7. The van der Waals surface area contributed by atoms with Gasteiger partial charge in [-0.1, -0.05) is 12.1 Å². The van der Waals surface area contributed by atoms with E-state index in [-0.39, 0.29) is 10.8 Å². The van der Waals surface area contributed by atoms with Crippen molar-refractivity contribution in [3.05, 3.63) is 70.0 Å². The molecule has 3 aromatic rings. The maximum atomic E-state index is 12.1. The predicted molar refractivity (Wildman–Crippen MR) is 82.0 cm³/mol. The zero-order valence-corrected chi connectivity index (χ0v) is 12.1. The molecular formula is C15H13N3O2S. The van der Waals surface area contributed by atoms with Crippen LogP contribution in [0.2, 0.25) is 0 Å². The van der Waals surface area contributed by atoms with Crippen molar-refractivity contribution in [1.29, 1.82) is 0 Å². The molecule has 2 aromatic heterocycles. The van der Waals surface area contributed by atoms with Gasteiger partial charge in [0, 0.05) is 12.1 Å². The highest BCUT2D eigenvalue weighted by Gasteiger charge is 2.16. The normalized spacial score (nSPS) is 12.4. The van der Waals surface area contributed by atoms with Crippen LogP contribution in [0.25, 0.3) is 10.9 Å². The molecule has 1 aromatic carbocycles. The lowest BCUT2D eigenvalue weighted by molar-refractivity contribution is -0.645. The quantitative estimate of drug-likeness (QED) is 0.458. The van der Waals surface area contributed by atoms with Gasteiger partial charge in [0.2, 0.25) is 0 Å². The molecule has 0 saturated heterocycles. The lowest BCUT2D eigenvalue weighted by Gasteiger charge is -2.10. The summed E-state index contributed by atoms with van der Waals surface area (Å²) in [5.74, 6) is 0.563. The van der Waals surface area contributed by atoms with E-state index >= 15 is 0 Å². The zero-order chi connectivity index (χ0) is 14.8. The second kappa shape index (κ2) is 5.57. The zero-order valence-electron chi connectivity index (χ0n) is 11.3. The summed E-state index contributed by atoms with van der Waals surface area (Å²) in [6, 6.07) is 12.4. The standard InChI is InChI=1S/C15H13N3O2S/c1-10(21-13-8-4-5-9-18(13)20)14-16-12-7-3-2-6-11(12)15(19)17-14/h2-10H,1H3,(H,16,17,19). The highest BCUT2D eigenvalue weighted by atomic mass is 32.2. The Morgan fingerprint density at radius 1 is 1.24 bits per heavy atom. The summed E-state index contributed by atoms with van der Waals surface area (Å²) in [7, 11) is 0. The minimum atomic E-state index is -0.161. The second-order valence-corrected chi connectivity index (χ2v) is 5.95. The molecule has 106 valence electrons. The molecule has 0 spiro atoms. The number of nitrogens with one attached hydrogen (secondary N) is 1. The number of fused-ring (bicyclic) bond motifs is 1. The van der Waals surface area contributed by atoms with Crippen molar-refractivity contribution in [3.8, 4) is 0 Å². The molecule has 0 radical (unpaired) electrons. The largest absolute Gasteiger partial charge is 0.618 e. The third-order valence-electron chi connectivity index (χ3n) is 3.10. The van der Waals surface area contributed by atoms with Crippen LogP contribution in [-0.2, 0) is 0 Å². The summed E-state index contributed by atoms with van der Waals surface area (Å²) >= 11 is 1.36. The number of para-hydroxylation sites is 1. The summed E-state index contributed by atoms with van der Waals surface area (Å²) in [6.07, 6.45) is 1.45. The number of hydrogen-bond donors (Lipinski definition) is 1. The fraction of sp³-hybridized carbons (Fsp3) is 0.133. The number of aromatic amines is 1. The van der Waals surface area contributed by atoms with E-state index in [0.717, 1.165) is 4.73 Å². The molecule has 0 aliphatic carbocycles.